The van der Waals surface area contributed by atoms with Crippen molar-refractivity contribution in [2.24, 2.45) is 0 Å². The van der Waals surface area contributed by atoms with Crippen molar-refractivity contribution in [2.75, 3.05) is 32.6 Å². The minimum Gasteiger partial charge on any atom is -0.497 e. The van der Waals surface area contributed by atoms with Crippen molar-refractivity contribution in [1.29, 1.82) is 0 Å². The Kier molecular flexibility index (Phi) is 8.68. The van der Waals surface area contributed by atoms with Crippen LogP contribution in [-0.2, 0) is 4.79 Å². The highest BCUT2D eigenvalue weighted by Crippen LogP contribution is 2.22. The van der Waals surface area contributed by atoms with Crippen molar-refractivity contribution < 1.29 is 23.9 Å². The van der Waals surface area contributed by atoms with Crippen molar-refractivity contribution in [1.82, 2.24) is 10.6 Å². The molecule has 3 amide bonds. The molecule has 0 bridgehead atoms. The molecule has 2 rings (SSSR count). The van der Waals surface area contributed by atoms with Crippen LogP contribution in [0.25, 0.3) is 0 Å². The molecule has 0 spiro atoms. The van der Waals surface area contributed by atoms with Gasteiger partial charge in [0.2, 0.25) is 5.91 Å². The van der Waals surface area contributed by atoms with Gasteiger partial charge < -0.3 is 25.4 Å². The molecule has 160 valence electrons. The molecule has 0 unspecified atom stereocenters. The number of nitrogens with one attached hydrogen (secondary N) is 3. The molecular formula is C22H27N3O5. The molecule has 3 N–H and O–H groups in total. The number of carbonyl (C=O) groups is 3. The summed E-state index contributed by atoms with van der Waals surface area (Å²) in [5.74, 6) is 0.413. The second-order valence-electron chi connectivity index (χ2n) is 6.49. The summed E-state index contributed by atoms with van der Waals surface area (Å²) < 4.78 is 10.3. The van der Waals surface area contributed by atoms with Crippen LogP contribution in [0, 0.1) is 0 Å². The molecule has 0 aliphatic carbocycles. The summed E-state index contributed by atoms with van der Waals surface area (Å²) >= 11 is 0. The number of rotatable bonds is 10. The van der Waals surface area contributed by atoms with Gasteiger partial charge in [0.05, 0.1) is 14.2 Å². The molecule has 8 nitrogen and oxygen atoms in total. The fourth-order valence-electron chi connectivity index (χ4n) is 2.65. The quantitative estimate of drug-likeness (QED) is 0.519. The van der Waals surface area contributed by atoms with Crippen LogP contribution in [-0.4, -0.2) is 45.0 Å². The first kappa shape index (κ1) is 22.7. The predicted molar refractivity (Wildman–Crippen MR) is 114 cm³/mol. The molecule has 0 saturated heterocycles. The zero-order valence-corrected chi connectivity index (χ0v) is 17.4. The first-order valence-corrected chi connectivity index (χ1v) is 9.66. The van der Waals surface area contributed by atoms with Crippen molar-refractivity contribution in [2.45, 2.75) is 19.8 Å². The number of ether oxygens (including phenoxy) is 2. The monoisotopic (exact) mass is 413 g/mol. The number of methoxy groups -OCH3 is 2. The van der Waals surface area contributed by atoms with Crippen LogP contribution in [0.15, 0.2) is 42.5 Å². The van der Waals surface area contributed by atoms with Gasteiger partial charge in [0.15, 0.2) is 0 Å². The SMILES string of the molecule is CCCC(=O)Nc1ccc(C(=O)NCCNC(=O)c2cc(OC)cc(OC)c2)cc1. The van der Waals surface area contributed by atoms with Crippen LogP contribution in [0.2, 0.25) is 0 Å². The largest absolute Gasteiger partial charge is 0.497 e. The van der Waals surface area contributed by atoms with E-state index in [-0.39, 0.29) is 30.8 Å². The van der Waals surface area contributed by atoms with Crippen molar-refractivity contribution in [3.8, 4) is 11.5 Å². The number of hydrogen-bond acceptors (Lipinski definition) is 5. The molecule has 0 fully saturated rings. The van der Waals surface area contributed by atoms with E-state index in [1.165, 1.54) is 14.2 Å². The highest BCUT2D eigenvalue weighted by atomic mass is 16.5. The Hall–Kier alpha value is -3.55. The van der Waals surface area contributed by atoms with Crippen molar-refractivity contribution >= 4 is 23.4 Å². The summed E-state index contributed by atoms with van der Waals surface area (Å²) in [6, 6.07) is 11.5. The summed E-state index contributed by atoms with van der Waals surface area (Å²) in [6.45, 7) is 2.46. The number of benzene rings is 2. The standard InChI is InChI=1S/C22H27N3O5/c1-4-5-20(26)25-17-8-6-15(7-9-17)21(27)23-10-11-24-22(28)16-12-18(29-2)14-19(13-16)30-3/h6-9,12-14H,4-5,10-11H2,1-3H3,(H,23,27)(H,24,28)(H,25,26). The third-order valence-electron chi connectivity index (χ3n) is 4.22. The average Bonchev–Trinajstić information content (AvgIpc) is 2.76. The number of amides is 3. The molecule has 0 aliphatic heterocycles. The van der Waals surface area contributed by atoms with Crippen LogP contribution in [0.4, 0.5) is 5.69 Å². The summed E-state index contributed by atoms with van der Waals surface area (Å²) in [6.07, 6.45) is 1.23. The minimum absolute atomic E-state index is 0.0564. The molecule has 0 heterocycles. The molecule has 0 saturated carbocycles. The summed E-state index contributed by atoms with van der Waals surface area (Å²) in [7, 11) is 3.02. The van der Waals surface area contributed by atoms with E-state index in [1.807, 2.05) is 6.92 Å². The first-order valence-electron chi connectivity index (χ1n) is 9.66. The highest BCUT2D eigenvalue weighted by Gasteiger charge is 2.10. The van der Waals surface area contributed by atoms with Gasteiger partial charge in [-0.05, 0) is 42.8 Å². The van der Waals surface area contributed by atoms with Gasteiger partial charge >= 0.3 is 0 Å². The lowest BCUT2D eigenvalue weighted by atomic mass is 10.2. The average molecular weight is 413 g/mol. The summed E-state index contributed by atoms with van der Waals surface area (Å²) in [4.78, 5) is 36.1. The fraction of sp³-hybridized carbons (Fsp3) is 0.318. The second kappa shape index (κ2) is 11.5. The molecule has 30 heavy (non-hydrogen) atoms. The molecular weight excluding hydrogens is 386 g/mol. The van der Waals surface area contributed by atoms with Crippen LogP contribution < -0.4 is 25.4 Å². The van der Waals surface area contributed by atoms with E-state index in [0.29, 0.717) is 34.7 Å². The Balaban J connectivity index is 1.80. The third-order valence-corrected chi connectivity index (χ3v) is 4.22. The third kappa shape index (κ3) is 6.80. The van der Waals surface area contributed by atoms with Crippen molar-refractivity contribution in [3.05, 3.63) is 53.6 Å². The Morgan fingerprint density at radius 2 is 1.33 bits per heavy atom. The summed E-state index contributed by atoms with van der Waals surface area (Å²) in [5.41, 5.74) is 1.51. The summed E-state index contributed by atoms with van der Waals surface area (Å²) in [5, 5.41) is 8.25. The number of carbonyl (C=O) groups excluding carboxylic acids is 3. The Morgan fingerprint density at radius 3 is 1.83 bits per heavy atom. The van der Waals surface area contributed by atoms with Gasteiger partial charge in [0.1, 0.15) is 11.5 Å². The topological polar surface area (TPSA) is 106 Å². The zero-order chi connectivity index (χ0) is 21.9. The van der Waals surface area contributed by atoms with Gasteiger partial charge in [0.25, 0.3) is 11.8 Å². The van der Waals surface area contributed by atoms with Gasteiger partial charge in [-0.1, -0.05) is 6.92 Å². The molecule has 0 atom stereocenters. The maximum absolute atomic E-state index is 12.3. The first-order chi connectivity index (χ1) is 14.5. The lowest BCUT2D eigenvalue weighted by Gasteiger charge is -2.10. The molecule has 2 aromatic rings. The maximum Gasteiger partial charge on any atom is 0.251 e. The molecule has 0 aromatic heterocycles. The van der Waals surface area contributed by atoms with Crippen molar-refractivity contribution in [3.63, 3.8) is 0 Å². The molecule has 8 heteroatoms. The lowest BCUT2D eigenvalue weighted by Crippen LogP contribution is -2.34. The van der Waals surface area contributed by atoms with E-state index >= 15 is 0 Å². The van der Waals surface area contributed by atoms with Crippen LogP contribution in [0.3, 0.4) is 0 Å². The zero-order valence-electron chi connectivity index (χ0n) is 17.4. The van der Waals surface area contributed by atoms with E-state index in [9.17, 15) is 14.4 Å². The minimum atomic E-state index is -0.298. The van der Waals surface area contributed by atoms with E-state index in [0.717, 1.165) is 6.42 Å². The Bertz CT molecular complexity index is 859. The van der Waals surface area contributed by atoms with E-state index in [4.69, 9.17) is 9.47 Å². The Labute approximate surface area is 175 Å². The molecule has 2 aromatic carbocycles. The van der Waals surface area contributed by atoms with Crippen LogP contribution in [0.5, 0.6) is 11.5 Å². The van der Waals surface area contributed by atoms with Gasteiger partial charge in [-0.3, -0.25) is 14.4 Å². The normalized spacial score (nSPS) is 10.1. The molecule has 0 radical (unpaired) electrons. The van der Waals surface area contributed by atoms with Gasteiger partial charge in [0, 0.05) is 42.4 Å². The smallest absolute Gasteiger partial charge is 0.251 e. The van der Waals surface area contributed by atoms with Gasteiger partial charge in [-0.15, -0.1) is 0 Å². The van der Waals surface area contributed by atoms with Gasteiger partial charge in [-0.2, -0.15) is 0 Å². The van der Waals surface area contributed by atoms with Crippen LogP contribution in [0.1, 0.15) is 40.5 Å². The van der Waals surface area contributed by atoms with Crippen LogP contribution >= 0.6 is 0 Å². The predicted octanol–water partition coefficient (Wildman–Crippen LogP) is 2.60. The maximum atomic E-state index is 12.3. The Morgan fingerprint density at radius 1 is 0.800 bits per heavy atom. The van der Waals surface area contributed by atoms with Gasteiger partial charge in [-0.25, -0.2) is 0 Å². The fourth-order valence-corrected chi connectivity index (χ4v) is 2.65. The highest BCUT2D eigenvalue weighted by molar-refractivity contribution is 5.96. The van der Waals surface area contributed by atoms with E-state index in [1.54, 1.807) is 42.5 Å². The number of anilines is 1. The molecule has 0 aliphatic rings. The lowest BCUT2D eigenvalue weighted by molar-refractivity contribution is -0.116. The van der Waals surface area contributed by atoms with E-state index in [2.05, 4.69) is 16.0 Å². The number of hydrogen-bond donors (Lipinski definition) is 3. The van der Waals surface area contributed by atoms with E-state index < -0.39 is 0 Å². The second-order valence-corrected chi connectivity index (χ2v) is 6.49.